The number of H-pyrrole nitrogens is 1. The van der Waals surface area contributed by atoms with Crippen LogP contribution in [0.5, 0.6) is 0 Å². The van der Waals surface area contributed by atoms with E-state index in [1.54, 1.807) is 11.3 Å². The van der Waals surface area contributed by atoms with Crippen molar-refractivity contribution in [2.24, 2.45) is 0 Å². The van der Waals surface area contributed by atoms with Crippen LogP contribution in [-0.2, 0) is 16.0 Å². The molecule has 3 aromatic rings. The first kappa shape index (κ1) is 20.2. The number of hydrogen-bond acceptors (Lipinski definition) is 4. The quantitative estimate of drug-likeness (QED) is 0.603. The maximum absolute atomic E-state index is 13.4. The molecule has 2 aliphatic rings. The molecule has 2 atom stereocenters. The van der Waals surface area contributed by atoms with Crippen molar-refractivity contribution in [3.63, 3.8) is 0 Å². The number of aromatic amines is 1. The minimum Gasteiger partial charge on any atom is -0.350 e. The maximum atomic E-state index is 13.4. The third kappa shape index (κ3) is 4.24. The zero-order valence-corrected chi connectivity index (χ0v) is 18.4. The van der Waals surface area contributed by atoms with Crippen LogP contribution in [-0.4, -0.2) is 38.8 Å². The van der Waals surface area contributed by atoms with Crippen LogP contribution in [0, 0.1) is 0 Å². The van der Waals surface area contributed by atoms with E-state index in [1.807, 2.05) is 35.2 Å². The number of nitrogens with one attached hydrogen (secondary N) is 2. The van der Waals surface area contributed by atoms with Gasteiger partial charge in [-0.15, -0.1) is 11.3 Å². The highest BCUT2D eigenvalue weighted by Gasteiger charge is 2.39. The van der Waals surface area contributed by atoms with Gasteiger partial charge in [0.1, 0.15) is 5.82 Å². The smallest absolute Gasteiger partial charge is 0.223 e. The van der Waals surface area contributed by atoms with Crippen LogP contribution in [0.15, 0.2) is 41.8 Å². The number of likely N-dealkylation sites (tertiary alicyclic amines) is 1. The third-order valence-corrected chi connectivity index (χ3v) is 7.57. The molecule has 162 valence electrons. The fourth-order valence-corrected chi connectivity index (χ4v) is 5.91. The number of fused-ring (bicyclic) bond motifs is 1. The van der Waals surface area contributed by atoms with E-state index in [-0.39, 0.29) is 23.4 Å². The first-order chi connectivity index (χ1) is 15.1. The number of nitrogens with zero attached hydrogens (tertiary/aromatic N) is 2. The molecule has 4 heterocycles. The molecule has 2 N–H and O–H groups in total. The summed E-state index contributed by atoms with van der Waals surface area (Å²) in [4.78, 5) is 36.9. The van der Waals surface area contributed by atoms with Crippen molar-refractivity contribution in [1.29, 1.82) is 0 Å². The van der Waals surface area contributed by atoms with E-state index < -0.39 is 0 Å². The molecule has 2 aliphatic heterocycles. The summed E-state index contributed by atoms with van der Waals surface area (Å²) in [5, 5.41) is 5.27. The number of amides is 2. The van der Waals surface area contributed by atoms with Crippen LogP contribution < -0.4 is 5.32 Å². The molecule has 0 unspecified atom stereocenters. The first-order valence-corrected chi connectivity index (χ1v) is 12.1. The molecule has 0 aliphatic carbocycles. The van der Waals surface area contributed by atoms with Gasteiger partial charge in [0.15, 0.2) is 0 Å². The lowest BCUT2D eigenvalue weighted by Gasteiger charge is -2.36. The Morgan fingerprint density at radius 3 is 2.90 bits per heavy atom. The lowest BCUT2D eigenvalue weighted by Crippen LogP contribution is -2.45. The number of rotatable bonds is 6. The average molecular weight is 437 g/mol. The molecule has 7 heteroatoms. The lowest BCUT2D eigenvalue weighted by molar-refractivity contribution is -0.136. The van der Waals surface area contributed by atoms with Gasteiger partial charge in [-0.3, -0.25) is 9.59 Å². The number of piperidine rings is 1. The fraction of sp³-hybridized carbons (Fsp3) is 0.458. The second-order valence-electron chi connectivity index (χ2n) is 8.82. The largest absolute Gasteiger partial charge is 0.350 e. The van der Waals surface area contributed by atoms with Crippen molar-refractivity contribution in [2.75, 3.05) is 6.54 Å². The molecule has 2 aromatic heterocycles. The minimum absolute atomic E-state index is 0.0000603. The molecule has 31 heavy (non-hydrogen) atoms. The van der Waals surface area contributed by atoms with Gasteiger partial charge in [-0.25, -0.2) is 4.98 Å². The van der Waals surface area contributed by atoms with Crippen LogP contribution in [0.1, 0.15) is 61.7 Å². The average Bonchev–Trinajstić information content (AvgIpc) is 3.53. The summed E-state index contributed by atoms with van der Waals surface area (Å²) in [5.41, 5.74) is 1.65. The van der Waals surface area contributed by atoms with Crippen LogP contribution in [0.2, 0.25) is 0 Å². The van der Waals surface area contributed by atoms with Crippen molar-refractivity contribution in [3.05, 3.63) is 52.5 Å². The number of carbonyl (C=O) groups excluding carboxylic acids is 2. The molecule has 5 rings (SSSR count). The van der Waals surface area contributed by atoms with Gasteiger partial charge in [0.05, 0.1) is 17.1 Å². The monoisotopic (exact) mass is 436 g/mol. The summed E-state index contributed by atoms with van der Waals surface area (Å²) in [6, 6.07) is 12.2. The number of benzene rings is 1. The van der Waals surface area contributed by atoms with Crippen LogP contribution in [0.3, 0.4) is 0 Å². The summed E-state index contributed by atoms with van der Waals surface area (Å²) in [6.45, 7) is 0.769. The Balaban J connectivity index is 1.31. The molecular formula is C24H28N4O2S. The number of carbonyl (C=O) groups is 2. The van der Waals surface area contributed by atoms with Gasteiger partial charge < -0.3 is 15.2 Å². The summed E-state index contributed by atoms with van der Waals surface area (Å²) in [6.07, 6.45) is 6.33. The maximum Gasteiger partial charge on any atom is 0.223 e. The molecule has 0 bridgehead atoms. The van der Waals surface area contributed by atoms with E-state index >= 15 is 0 Å². The topological polar surface area (TPSA) is 78.1 Å². The zero-order valence-electron chi connectivity index (χ0n) is 17.6. The molecular weight excluding hydrogens is 408 g/mol. The minimum atomic E-state index is -0.303. The van der Waals surface area contributed by atoms with Gasteiger partial charge >= 0.3 is 0 Å². The number of aromatic nitrogens is 2. The van der Waals surface area contributed by atoms with E-state index in [2.05, 4.69) is 21.7 Å². The van der Waals surface area contributed by atoms with Gasteiger partial charge in [-0.2, -0.15) is 0 Å². The second kappa shape index (κ2) is 8.46. The lowest BCUT2D eigenvalue weighted by atomic mass is 9.87. The van der Waals surface area contributed by atoms with Gasteiger partial charge in [0.25, 0.3) is 0 Å². The van der Waals surface area contributed by atoms with Gasteiger partial charge in [-0.05, 0) is 55.7 Å². The molecule has 0 saturated carbocycles. The van der Waals surface area contributed by atoms with Crippen LogP contribution in [0.4, 0.5) is 0 Å². The van der Waals surface area contributed by atoms with E-state index in [1.165, 1.54) is 4.88 Å². The van der Waals surface area contributed by atoms with Crippen molar-refractivity contribution in [3.8, 4) is 0 Å². The SMILES string of the molecule is O=C1CC[C@](CCC(=O)N2CCCC[C@H]2c2nc3ccccc3[nH]2)(Cc2cccs2)N1. The summed E-state index contributed by atoms with van der Waals surface area (Å²) in [7, 11) is 0. The molecule has 2 fully saturated rings. The van der Waals surface area contributed by atoms with Gasteiger partial charge in [-0.1, -0.05) is 18.2 Å². The Hall–Kier alpha value is -2.67. The van der Waals surface area contributed by atoms with Crippen molar-refractivity contribution in [2.45, 2.75) is 62.9 Å². The Labute approximate surface area is 186 Å². The van der Waals surface area contributed by atoms with E-state index in [4.69, 9.17) is 4.98 Å². The molecule has 0 spiro atoms. The standard InChI is InChI=1S/C24H28N4O2S/c29-21-10-12-24(27-21,16-17-6-5-15-31-17)13-11-22(30)28-14-4-3-9-20(28)23-25-18-7-1-2-8-19(18)26-23/h1-2,5-8,15,20H,3-4,9-14,16H2,(H,25,26)(H,27,29)/t20-,24-/m0/s1. The predicted molar refractivity (Wildman–Crippen MR) is 122 cm³/mol. The number of imidazole rings is 1. The van der Waals surface area contributed by atoms with Crippen LogP contribution >= 0.6 is 11.3 Å². The fourth-order valence-electron chi connectivity index (χ4n) is 5.06. The van der Waals surface area contributed by atoms with Crippen molar-refractivity contribution < 1.29 is 9.59 Å². The number of para-hydroxylation sites is 2. The highest BCUT2D eigenvalue weighted by Crippen LogP contribution is 2.34. The summed E-state index contributed by atoms with van der Waals surface area (Å²) in [5.74, 6) is 1.15. The van der Waals surface area contributed by atoms with Crippen molar-refractivity contribution >= 4 is 34.2 Å². The van der Waals surface area contributed by atoms with Gasteiger partial charge in [0.2, 0.25) is 11.8 Å². The first-order valence-electron chi connectivity index (χ1n) is 11.2. The molecule has 0 radical (unpaired) electrons. The van der Waals surface area contributed by atoms with E-state index in [0.29, 0.717) is 19.3 Å². The van der Waals surface area contributed by atoms with E-state index in [0.717, 1.165) is 55.5 Å². The zero-order chi connectivity index (χ0) is 21.3. The Morgan fingerprint density at radius 2 is 2.13 bits per heavy atom. The van der Waals surface area contributed by atoms with Crippen LogP contribution in [0.25, 0.3) is 11.0 Å². The van der Waals surface area contributed by atoms with E-state index in [9.17, 15) is 9.59 Å². The second-order valence-corrected chi connectivity index (χ2v) is 9.85. The number of hydrogen-bond donors (Lipinski definition) is 2. The Bertz CT molecular complexity index is 1040. The normalized spacial score (nSPS) is 23.9. The van der Waals surface area contributed by atoms with Crippen molar-refractivity contribution in [1.82, 2.24) is 20.2 Å². The van der Waals surface area contributed by atoms with Gasteiger partial charge in [0, 0.05) is 36.2 Å². The summed E-state index contributed by atoms with van der Waals surface area (Å²) >= 11 is 1.71. The highest BCUT2D eigenvalue weighted by molar-refractivity contribution is 7.09. The Kier molecular flexibility index (Phi) is 5.52. The molecule has 2 amide bonds. The molecule has 6 nitrogen and oxygen atoms in total. The third-order valence-electron chi connectivity index (χ3n) is 6.69. The highest BCUT2D eigenvalue weighted by atomic mass is 32.1. The Morgan fingerprint density at radius 1 is 1.23 bits per heavy atom. The molecule has 1 aromatic carbocycles. The number of thiophene rings is 1. The summed E-state index contributed by atoms with van der Waals surface area (Å²) < 4.78 is 0. The predicted octanol–water partition coefficient (Wildman–Crippen LogP) is 4.35. The molecule has 2 saturated heterocycles.